The minimum absolute atomic E-state index is 0.175. The zero-order chi connectivity index (χ0) is 13.1. The van der Waals surface area contributed by atoms with Crippen molar-refractivity contribution >= 4 is 17.5 Å². The van der Waals surface area contributed by atoms with Crippen molar-refractivity contribution in [1.82, 2.24) is 4.90 Å². The van der Waals surface area contributed by atoms with Gasteiger partial charge in [0.2, 0.25) is 0 Å². The molecule has 0 bridgehead atoms. The molecule has 1 amide bonds. The van der Waals surface area contributed by atoms with Crippen LogP contribution in [-0.4, -0.2) is 17.4 Å². The van der Waals surface area contributed by atoms with Gasteiger partial charge in [-0.3, -0.25) is 4.79 Å². The largest absolute Gasteiger partial charge is 0.332 e. The number of amides is 1. The maximum Gasteiger partial charge on any atom is 0.254 e. The number of carbonyl (C=O) groups excluding carboxylic acids is 1. The molecule has 1 aromatic rings. The predicted octanol–water partition coefficient (Wildman–Crippen LogP) is 4.44. The van der Waals surface area contributed by atoms with Gasteiger partial charge >= 0.3 is 0 Å². The molecule has 18 heavy (non-hydrogen) atoms. The summed E-state index contributed by atoms with van der Waals surface area (Å²) in [4.78, 5) is 14.4. The van der Waals surface area contributed by atoms with E-state index in [9.17, 15) is 4.79 Å². The standard InChI is InChI=1S/C15H20ClNO/c1-3-5-9-17-14(6-4-2)13-10-11(16)7-8-12(13)15(17)18/h7-8,10,14H,3-6,9H2,1-2H3. The van der Waals surface area contributed by atoms with E-state index in [2.05, 4.69) is 13.8 Å². The number of hydrogen-bond acceptors (Lipinski definition) is 1. The molecule has 2 rings (SSSR count). The number of fused-ring (bicyclic) bond motifs is 1. The number of benzene rings is 1. The molecule has 1 aromatic carbocycles. The van der Waals surface area contributed by atoms with Gasteiger partial charge in [-0.25, -0.2) is 0 Å². The Morgan fingerprint density at radius 1 is 1.28 bits per heavy atom. The highest BCUT2D eigenvalue weighted by Crippen LogP contribution is 2.38. The van der Waals surface area contributed by atoms with Crippen LogP contribution in [0.2, 0.25) is 5.02 Å². The average Bonchev–Trinajstić information content (AvgIpc) is 2.61. The molecular formula is C15H20ClNO. The third kappa shape index (κ3) is 2.39. The van der Waals surface area contributed by atoms with Crippen LogP contribution in [0.15, 0.2) is 18.2 Å². The summed E-state index contributed by atoms with van der Waals surface area (Å²) in [5.41, 5.74) is 1.96. The molecule has 0 saturated heterocycles. The van der Waals surface area contributed by atoms with Crippen molar-refractivity contribution < 1.29 is 4.79 Å². The molecule has 0 spiro atoms. The summed E-state index contributed by atoms with van der Waals surface area (Å²) in [6.45, 7) is 5.16. The molecule has 0 N–H and O–H groups in total. The second-order valence-corrected chi connectivity index (χ2v) is 5.32. The number of halogens is 1. The first-order valence-corrected chi connectivity index (χ1v) is 7.17. The molecule has 0 aliphatic carbocycles. The third-order valence-electron chi connectivity index (χ3n) is 3.55. The second-order valence-electron chi connectivity index (χ2n) is 4.89. The fraction of sp³-hybridized carbons (Fsp3) is 0.533. The van der Waals surface area contributed by atoms with Crippen LogP contribution in [0, 0.1) is 0 Å². The maximum atomic E-state index is 12.4. The van der Waals surface area contributed by atoms with Gasteiger partial charge in [0, 0.05) is 17.1 Å². The van der Waals surface area contributed by atoms with Crippen molar-refractivity contribution in [1.29, 1.82) is 0 Å². The first kappa shape index (κ1) is 13.4. The van der Waals surface area contributed by atoms with E-state index in [0.29, 0.717) is 0 Å². The molecule has 3 heteroatoms. The molecule has 0 radical (unpaired) electrons. The third-order valence-corrected chi connectivity index (χ3v) is 3.79. The van der Waals surface area contributed by atoms with Crippen molar-refractivity contribution in [3.05, 3.63) is 34.3 Å². The van der Waals surface area contributed by atoms with Gasteiger partial charge in [0.15, 0.2) is 0 Å². The summed E-state index contributed by atoms with van der Waals surface area (Å²) in [6, 6.07) is 5.86. The minimum atomic E-state index is 0.175. The predicted molar refractivity (Wildman–Crippen MR) is 75.0 cm³/mol. The van der Waals surface area contributed by atoms with Crippen LogP contribution in [0.3, 0.4) is 0 Å². The van der Waals surface area contributed by atoms with Crippen LogP contribution >= 0.6 is 11.6 Å². The highest BCUT2D eigenvalue weighted by Gasteiger charge is 2.35. The molecule has 1 unspecified atom stereocenters. The van der Waals surface area contributed by atoms with Crippen LogP contribution < -0.4 is 0 Å². The second kappa shape index (κ2) is 5.75. The Labute approximate surface area is 114 Å². The van der Waals surface area contributed by atoms with Gasteiger partial charge in [0.1, 0.15) is 0 Å². The summed E-state index contributed by atoms with van der Waals surface area (Å²) in [5.74, 6) is 0.175. The van der Waals surface area contributed by atoms with E-state index >= 15 is 0 Å². The first-order chi connectivity index (χ1) is 8.69. The maximum absolute atomic E-state index is 12.4. The Balaban J connectivity index is 2.32. The van der Waals surface area contributed by atoms with Gasteiger partial charge in [-0.2, -0.15) is 0 Å². The van der Waals surface area contributed by atoms with Gasteiger partial charge in [0.05, 0.1) is 6.04 Å². The number of unbranched alkanes of at least 4 members (excludes halogenated alkanes) is 1. The molecular weight excluding hydrogens is 246 g/mol. The van der Waals surface area contributed by atoms with Crippen molar-refractivity contribution in [2.75, 3.05) is 6.54 Å². The topological polar surface area (TPSA) is 20.3 Å². The van der Waals surface area contributed by atoms with Crippen molar-refractivity contribution in [3.63, 3.8) is 0 Å². The van der Waals surface area contributed by atoms with Gasteiger partial charge in [-0.1, -0.05) is 38.3 Å². The quantitative estimate of drug-likeness (QED) is 0.771. The lowest BCUT2D eigenvalue weighted by atomic mass is 10.0. The van der Waals surface area contributed by atoms with Crippen LogP contribution in [0.25, 0.3) is 0 Å². The van der Waals surface area contributed by atoms with E-state index in [1.54, 1.807) is 0 Å². The van der Waals surface area contributed by atoms with E-state index in [-0.39, 0.29) is 11.9 Å². The van der Waals surface area contributed by atoms with E-state index < -0.39 is 0 Å². The van der Waals surface area contributed by atoms with Crippen molar-refractivity contribution in [3.8, 4) is 0 Å². The van der Waals surface area contributed by atoms with Crippen molar-refractivity contribution in [2.45, 2.75) is 45.6 Å². The lowest BCUT2D eigenvalue weighted by molar-refractivity contribution is 0.0714. The van der Waals surface area contributed by atoms with Crippen LogP contribution in [0.5, 0.6) is 0 Å². The highest BCUT2D eigenvalue weighted by atomic mass is 35.5. The molecule has 2 nitrogen and oxygen atoms in total. The Kier molecular flexibility index (Phi) is 4.28. The fourth-order valence-corrected chi connectivity index (χ4v) is 2.82. The Morgan fingerprint density at radius 3 is 2.72 bits per heavy atom. The molecule has 98 valence electrons. The number of hydrogen-bond donors (Lipinski definition) is 0. The lowest BCUT2D eigenvalue weighted by Gasteiger charge is -2.25. The summed E-state index contributed by atoms with van der Waals surface area (Å²) in [7, 11) is 0. The summed E-state index contributed by atoms with van der Waals surface area (Å²) < 4.78 is 0. The molecule has 0 fully saturated rings. The Morgan fingerprint density at radius 2 is 2.06 bits per heavy atom. The molecule has 1 heterocycles. The Bertz CT molecular complexity index is 444. The minimum Gasteiger partial charge on any atom is -0.332 e. The first-order valence-electron chi connectivity index (χ1n) is 6.79. The lowest BCUT2D eigenvalue weighted by Crippen LogP contribution is -2.29. The highest BCUT2D eigenvalue weighted by molar-refractivity contribution is 6.30. The Hall–Kier alpha value is -1.02. The SMILES string of the molecule is CCCCN1C(=O)c2ccc(Cl)cc2C1CCC. The average molecular weight is 266 g/mol. The number of rotatable bonds is 5. The summed E-state index contributed by atoms with van der Waals surface area (Å²) in [6.07, 6.45) is 4.27. The molecule has 1 aliphatic heterocycles. The smallest absolute Gasteiger partial charge is 0.254 e. The molecule has 0 aromatic heterocycles. The van der Waals surface area contributed by atoms with Gasteiger partial charge < -0.3 is 4.90 Å². The number of nitrogens with zero attached hydrogens (tertiary/aromatic N) is 1. The van der Waals surface area contributed by atoms with Gasteiger partial charge in [-0.15, -0.1) is 0 Å². The van der Waals surface area contributed by atoms with Gasteiger partial charge in [-0.05, 0) is 36.6 Å². The molecule has 1 aliphatic rings. The normalized spacial score (nSPS) is 18.3. The molecule has 1 atom stereocenters. The fourth-order valence-electron chi connectivity index (χ4n) is 2.64. The summed E-state index contributed by atoms with van der Waals surface area (Å²) in [5, 5.41) is 0.722. The van der Waals surface area contributed by atoms with Crippen LogP contribution in [-0.2, 0) is 0 Å². The molecule has 0 saturated carbocycles. The zero-order valence-electron chi connectivity index (χ0n) is 11.1. The van der Waals surface area contributed by atoms with E-state index in [1.807, 2.05) is 23.1 Å². The van der Waals surface area contributed by atoms with E-state index in [4.69, 9.17) is 11.6 Å². The van der Waals surface area contributed by atoms with E-state index in [0.717, 1.165) is 48.4 Å². The summed E-state index contributed by atoms with van der Waals surface area (Å²) >= 11 is 6.06. The van der Waals surface area contributed by atoms with Crippen LogP contribution in [0.4, 0.5) is 0 Å². The van der Waals surface area contributed by atoms with Gasteiger partial charge in [0.25, 0.3) is 5.91 Å². The monoisotopic (exact) mass is 265 g/mol. The zero-order valence-corrected chi connectivity index (χ0v) is 11.8. The number of carbonyl (C=O) groups is 1. The van der Waals surface area contributed by atoms with Crippen molar-refractivity contribution in [2.24, 2.45) is 0 Å². The van der Waals surface area contributed by atoms with Crippen LogP contribution in [0.1, 0.15) is 61.5 Å². The van der Waals surface area contributed by atoms with E-state index in [1.165, 1.54) is 0 Å².